The fourth-order valence-corrected chi connectivity index (χ4v) is 0.260. The van der Waals surface area contributed by atoms with Gasteiger partial charge >= 0.3 is 0 Å². The van der Waals surface area contributed by atoms with Gasteiger partial charge in [-0.05, 0) is 6.08 Å². The SMILES string of the molecule is N#CC(C#N)=CC[C]=O. The van der Waals surface area contributed by atoms with Gasteiger partial charge in [0.2, 0.25) is 6.29 Å². The molecule has 0 fully saturated rings. The highest BCUT2D eigenvalue weighted by atomic mass is 16.1. The summed E-state index contributed by atoms with van der Waals surface area (Å²) in [4.78, 5) is 9.55. The average Bonchev–Trinajstić information content (AvgIpc) is 1.91. The van der Waals surface area contributed by atoms with Crippen molar-refractivity contribution in [3.63, 3.8) is 0 Å². The Morgan fingerprint density at radius 1 is 1.44 bits per heavy atom. The smallest absolute Gasteiger partial charge is 0.202 e. The van der Waals surface area contributed by atoms with Crippen molar-refractivity contribution in [2.75, 3.05) is 0 Å². The van der Waals surface area contributed by atoms with Crippen molar-refractivity contribution in [1.29, 1.82) is 10.5 Å². The average molecular weight is 119 g/mol. The zero-order valence-electron chi connectivity index (χ0n) is 4.59. The van der Waals surface area contributed by atoms with Gasteiger partial charge in [0, 0.05) is 6.42 Å². The molecule has 3 nitrogen and oxygen atoms in total. The van der Waals surface area contributed by atoms with Crippen molar-refractivity contribution >= 4 is 6.29 Å². The molecule has 0 saturated carbocycles. The lowest BCUT2D eigenvalue weighted by Gasteiger charge is -1.73. The molecule has 0 saturated heterocycles. The van der Waals surface area contributed by atoms with E-state index in [1.165, 1.54) is 12.4 Å². The van der Waals surface area contributed by atoms with E-state index in [-0.39, 0.29) is 12.0 Å². The molecule has 0 aromatic rings. The molecular weight excluding hydrogens is 116 g/mol. The summed E-state index contributed by atoms with van der Waals surface area (Å²) < 4.78 is 0. The van der Waals surface area contributed by atoms with Crippen molar-refractivity contribution in [3.8, 4) is 12.1 Å². The lowest BCUT2D eigenvalue weighted by Crippen LogP contribution is -1.72. The summed E-state index contributed by atoms with van der Waals surface area (Å²) in [6, 6.07) is 3.22. The minimum absolute atomic E-state index is 0.0104. The van der Waals surface area contributed by atoms with E-state index in [2.05, 4.69) is 0 Å². The molecule has 0 aliphatic carbocycles. The van der Waals surface area contributed by atoms with Crippen LogP contribution in [-0.4, -0.2) is 6.29 Å². The van der Waals surface area contributed by atoms with Crippen LogP contribution < -0.4 is 0 Å². The summed E-state index contributed by atoms with van der Waals surface area (Å²) in [5.74, 6) is 0. The number of hydrogen-bond donors (Lipinski definition) is 0. The van der Waals surface area contributed by atoms with E-state index in [0.717, 1.165) is 0 Å². The molecule has 0 rings (SSSR count). The van der Waals surface area contributed by atoms with Gasteiger partial charge in [0.15, 0.2) is 0 Å². The Bertz CT molecular complexity index is 188. The first-order valence-corrected chi connectivity index (χ1v) is 2.20. The third-order valence-corrected chi connectivity index (χ3v) is 0.630. The second-order valence-corrected chi connectivity index (χ2v) is 1.19. The van der Waals surface area contributed by atoms with Crippen LogP contribution in [0.2, 0.25) is 0 Å². The Hall–Kier alpha value is -1.61. The minimum Gasteiger partial charge on any atom is -0.291 e. The van der Waals surface area contributed by atoms with Gasteiger partial charge < -0.3 is 0 Å². The predicted octanol–water partition coefficient (Wildman–Crippen LogP) is 0.460. The monoisotopic (exact) mass is 119 g/mol. The number of rotatable bonds is 2. The van der Waals surface area contributed by atoms with Crippen LogP contribution in [0.15, 0.2) is 11.6 Å². The molecule has 0 heterocycles. The van der Waals surface area contributed by atoms with E-state index in [0.29, 0.717) is 0 Å². The quantitative estimate of drug-likeness (QED) is 0.496. The second-order valence-electron chi connectivity index (χ2n) is 1.19. The molecule has 0 unspecified atom stereocenters. The molecule has 0 aliphatic rings. The molecule has 0 N–H and O–H groups in total. The normalized spacial score (nSPS) is 6.44. The molecule has 3 heteroatoms. The number of nitrogens with zero attached hydrogens (tertiary/aromatic N) is 2. The maximum Gasteiger partial charge on any atom is 0.202 e. The molecule has 0 aliphatic heterocycles. The molecular formula is C6H3N2O. The predicted molar refractivity (Wildman–Crippen MR) is 29.6 cm³/mol. The number of allylic oxidation sites excluding steroid dienone is 2. The lowest BCUT2D eigenvalue weighted by molar-refractivity contribution is 0.556. The second kappa shape index (κ2) is 4.55. The van der Waals surface area contributed by atoms with Gasteiger partial charge in [0.05, 0.1) is 0 Å². The first-order valence-electron chi connectivity index (χ1n) is 2.20. The Labute approximate surface area is 52.8 Å². The third-order valence-electron chi connectivity index (χ3n) is 0.630. The van der Waals surface area contributed by atoms with Crippen LogP contribution in [0.3, 0.4) is 0 Å². The lowest BCUT2D eigenvalue weighted by atomic mass is 10.3. The fraction of sp³-hybridized carbons (Fsp3) is 0.167. The minimum atomic E-state index is -0.0432. The van der Waals surface area contributed by atoms with Crippen LogP contribution in [0.5, 0.6) is 0 Å². The van der Waals surface area contributed by atoms with Crippen LogP contribution in [0, 0.1) is 22.7 Å². The van der Waals surface area contributed by atoms with E-state index in [1.54, 1.807) is 12.1 Å². The van der Waals surface area contributed by atoms with Crippen molar-refractivity contribution in [2.45, 2.75) is 6.42 Å². The Kier molecular flexibility index (Phi) is 3.73. The molecule has 43 valence electrons. The van der Waals surface area contributed by atoms with Gasteiger partial charge in [-0.15, -0.1) is 0 Å². The zero-order chi connectivity index (χ0) is 7.11. The molecule has 0 bridgehead atoms. The van der Waals surface area contributed by atoms with Gasteiger partial charge in [-0.3, -0.25) is 4.79 Å². The standard InChI is InChI=1S/C6H3N2O/c7-4-6(5-8)2-1-3-9/h2H,1H2. The molecule has 1 radical (unpaired) electrons. The highest BCUT2D eigenvalue weighted by molar-refractivity contribution is 5.55. The fourth-order valence-electron chi connectivity index (χ4n) is 0.260. The number of hydrogen-bond acceptors (Lipinski definition) is 3. The summed E-state index contributed by atoms with van der Waals surface area (Å²) in [5, 5.41) is 16.2. The van der Waals surface area contributed by atoms with Gasteiger partial charge in [0.1, 0.15) is 17.7 Å². The molecule has 0 aromatic heterocycles. The van der Waals surface area contributed by atoms with Crippen LogP contribution in [0.1, 0.15) is 6.42 Å². The van der Waals surface area contributed by atoms with E-state index in [1.807, 2.05) is 0 Å². The third kappa shape index (κ3) is 3.02. The van der Waals surface area contributed by atoms with Crippen molar-refractivity contribution in [2.24, 2.45) is 0 Å². The maximum atomic E-state index is 9.55. The summed E-state index contributed by atoms with van der Waals surface area (Å²) in [6.45, 7) is 0. The Morgan fingerprint density at radius 2 is 2.00 bits per heavy atom. The summed E-state index contributed by atoms with van der Waals surface area (Å²) >= 11 is 0. The van der Waals surface area contributed by atoms with E-state index >= 15 is 0 Å². The van der Waals surface area contributed by atoms with E-state index < -0.39 is 0 Å². The first kappa shape index (κ1) is 7.39. The first-order chi connectivity index (χ1) is 4.35. The highest BCUT2D eigenvalue weighted by Crippen LogP contribution is 1.89. The summed E-state index contributed by atoms with van der Waals surface area (Å²) in [5.41, 5.74) is -0.0432. The van der Waals surface area contributed by atoms with E-state index in [4.69, 9.17) is 10.5 Å². The number of carbonyl (C=O) groups excluding carboxylic acids is 1. The molecule has 0 atom stereocenters. The van der Waals surface area contributed by atoms with Gasteiger partial charge in [-0.2, -0.15) is 10.5 Å². The summed E-state index contributed by atoms with van der Waals surface area (Å²) in [6.07, 6.45) is 2.78. The van der Waals surface area contributed by atoms with Gasteiger partial charge in [0.25, 0.3) is 0 Å². The maximum absolute atomic E-state index is 9.55. The molecule has 0 aromatic carbocycles. The van der Waals surface area contributed by atoms with Crippen LogP contribution in [-0.2, 0) is 4.79 Å². The number of nitriles is 2. The van der Waals surface area contributed by atoms with Gasteiger partial charge in [-0.25, -0.2) is 0 Å². The Balaban J connectivity index is 4.00. The highest BCUT2D eigenvalue weighted by Gasteiger charge is 1.87. The molecule has 0 amide bonds. The van der Waals surface area contributed by atoms with Crippen molar-refractivity contribution in [3.05, 3.63) is 11.6 Å². The van der Waals surface area contributed by atoms with E-state index in [9.17, 15) is 4.79 Å². The zero-order valence-corrected chi connectivity index (χ0v) is 4.59. The van der Waals surface area contributed by atoms with Crippen LogP contribution in [0.4, 0.5) is 0 Å². The topological polar surface area (TPSA) is 64.7 Å². The van der Waals surface area contributed by atoms with Crippen LogP contribution in [0.25, 0.3) is 0 Å². The van der Waals surface area contributed by atoms with Crippen molar-refractivity contribution < 1.29 is 4.79 Å². The largest absolute Gasteiger partial charge is 0.291 e. The van der Waals surface area contributed by atoms with Crippen LogP contribution >= 0.6 is 0 Å². The summed E-state index contributed by atoms with van der Waals surface area (Å²) in [7, 11) is 0. The molecule has 9 heavy (non-hydrogen) atoms. The van der Waals surface area contributed by atoms with Gasteiger partial charge in [-0.1, -0.05) is 0 Å². The Morgan fingerprint density at radius 3 is 2.33 bits per heavy atom. The molecule has 0 spiro atoms. The van der Waals surface area contributed by atoms with Crippen molar-refractivity contribution in [1.82, 2.24) is 0 Å².